The summed E-state index contributed by atoms with van der Waals surface area (Å²) in [7, 11) is 0. The molecule has 0 spiro atoms. The number of nitrogens with zero attached hydrogens (tertiary/aromatic N) is 4. The molecule has 4 aromatic rings. The average Bonchev–Trinajstić information content (AvgIpc) is 3.19. The molecule has 0 aliphatic carbocycles. The maximum absolute atomic E-state index is 13.1. The van der Waals surface area contributed by atoms with Crippen LogP contribution in [0.25, 0.3) is 16.7 Å². The SMILES string of the molecule is O=C(CCn1cnc2c(cnn2-c2ccc(F)cc2)c1=O)NCCc1ccccc1. The van der Waals surface area contributed by atoms with Crippen molar-refractivity contribution in [1.82, 2.24) is 24.6 Å². The zero-order chi connectivity index (χ0) is 20.9. The molecule has 0 radical (unpaired) electrons. The van der Waals surface area contributed by atoms with E-state index in [-0.39, 0.29) is 30.2 Å². The summed E-state index contributed by atoms with van der Waals surface area (Å²) in [6.45, 7) is 0.764. The van der Waals surface area contributed by atoms with Crippen LogP contribution in [-0.2, 0) is 17.8 Å². The normalized spacial score (nSPS) is 11.0. The van der Waals surface area contributed by atoms with Gasteiger partial charge < -0.3 is 5.32 Å². The number of carbonyl (C=O) groups excluding carboxylic acids is 1. The highest BCUT2D eigenvalue weighted by atomic mass is 19.1. The van der Waals surface area contributed by atoms with Crippen molar-refractivity contribution in [3.8, 4) is 5.69 Å². The second-order valence-electron chi connectivity index (χ2n) is 6.85. The van der Waals surface area contributed by atoms with Gasteiger partial charge in [-0.05, 0) is 36.2 Å². The molecule has 2 heterocycles. The van der Waals surface area contributed by atoms with Crippen molar-refractivity contribution in [1.29, 1.82) is 0 Å². The lowest BCUT2D eigenvalue weighted by molar-refractivity contribution is -0.121. The van der Waals surface area contributed by atoms with Gasteiger partial charge in [-0.15, -0.1) is 0 Å². The van der Waals surface area contributed by atoms with Gasteiger partial charge in [0, 0.05) is 19.5 Å². The smallest absolute Gasteiger partial charge is 0.264 e. The number of rotatable bonds is 7. The Morgan fingerprint density at radius 2 is 1.83 bits per heavy atom. The first-order valence-corrected chi connectivity index (χ1v) is 9.61. The Labute approximate surface area is 171 Å². The van der Waals surface area contributed by atoms with E-state index in [1.807, 2.05) is 30.3 Å². The Bertz CT molecular complexity index is 1220. The molecule has 0 saturated carbocycles. The van der Waals surface area contributed by atoms with Crippen LogP contribution in [0.2, 0.25) is 0 Å². The van der Waals surface area contributed by atoms with E-state index in [0.717, 1.165) is 12.0 Å². The van der Waals surface area contributed by atoms with Crippen LogP contribution in [0.5, 0.6) is 0 Å². The molecule has 30 heavy (non-hydrogen) atoms. The molecule has 152 valence electrons. The molecule has 0 fully saturated rings. The molecule has 1 N–H and O–H groups in total. The fourth-order valence-electron chi connectivity index (χ4n) is 3.18. The van der Waals surface area contributed by atoms with Crippen LogP contribution in [0.15, 0.2) is 71.9 Å². The predicted molar refractivity (Wildman–Crippen MR) is 111 cm³/mol. The summed E-state index contributed by atoms with van der Waals surface area (Å²) in [4.78, 5) is 29.1. The van der Waals surface area contributed by atoms with Crippen molar-refractivity contribution in [3.63, 3.8) is 0 Å². The minimum absolute atomic E-state index is 0.125. The highest BCUT2D eigenvalue weighted by molar-refractivity contribution is 5.76. The van der Waals surface area contributed by atoms with E-state index in [9.17, 15) is 14.0 Å². The van der Waals surface area contributed by atoms with Gasteiger partial charge in [-0.1, -0.05) is 30.3 Å². The number of fused-ring (bicyclic) bond motifs is 1. The second kappa shape index (κ2) is 8.69. The van der Waals surface area contributed by atoms with Crippen LogP contribution < -0.4 is 10.9 Å². The molecule has 0 aliphatic heterocycles. The second-order valence-corrected chi connectivity index (χ2v) is 6.85. The van der Waals surface area contributed by atoms with E-state index in [4.69, 9.17) is 0 Å². The number of nitrogens with one attached hydrogen (secondary N) is 1. The lowest BCUT2D eigenvalue weighted by atomic mass is 10.1. The van der Waals surface area contributed by atoms with Crippen LogP contribution in [0.1, 0.15) is 12.0 Å². The quantitative estimate of drug-likeness (QED) is 0.512. The number of carbonyl (C=O) groups is 1. The van der Waals surface area contributed by atoms with E-state index in [1.165, 1.54) is 33.9 Å². The summed E-state index contributed by atoms with van der Waals surface area (Å²) in [5, 5.41) is 7.41. The molecule has 2 aromatic heterocycles. The Morgan fingerprint density at radius 1 is 1.07 bits per heavy atom. The summed E-state index contributed by atoms with van der Waals surface area (Å²) in [5.41, 5.74) is 1.87. The number of aromatic nitrogens is 4. The first kappa shape index (κ1) is 19.5. The average molecular weight is 405 g/mol. The maximum atomic E-state index is 13.1. The van der Waals surface area contributed by atoms with Crippen LogP contribution in [-0.4, -0.2) is 31.8 Å². The van der Waals surface area contributed by atoms with Gasteiger partial charge in [-0.3, -0.25) is 14.2 Å². The minimum Gasteiger partial charge on any atom is -0.356 e. The van der Waals surface area contributed by atoms with E-state index < -0.39 is 0 Å². The largest absolute Gasteiger partial charge is 0.356 e. The van der Waals surface area contributed by atoms with Crippen molar-refractivity contribution in [3.05, 3.63) is 88.9 Å². The van der Waals surface area contributed by atoms with Crippen molar-refractivity contribution in [2.24, 2.45) is 0 Å². The molecule has 0 atom stereocenters. The lowest BCUT2D eigenvalue weighted by Gasteiger charge is -2.08. The summed E-state index contributed by atoms with van der Waals surface area (Å²) in [6, 6.07) is 15.7. The predicted octanol–water partition coefficient (Wildman–Crippen LogP) is 2.47. The van der Waals surface area contributed by atoms with Gasteiger partial charge in [-0.2, -0.15) is 5.10 Å². The van der Waals surface area contributed by atoms with Crippen LogP contribution in [0, 0.1) is 5.82 Å². The number of hydrogen-bond donors (Lipinski definition) is 1. The molecule has 8 heteroatoms. The third-order valence-corrected chi connectivity index (χ3v) is 4.78. The van der Waals surface area contributed by atoms with Crippen LogP contribution in [0.4, 0.5) is 4.39 Å². The Hall–Kier alpha value is -3.81. The molecule has 7 nitrogen and oxygen atoms in total. The summed E-state index contributed by atoms with van der Waals surface area (Å²) < 4.78 is 16.0. The van der Waals surface area contributed by atoms with Gasteiger partial charge in [0.05, 0.1) is 18.2 Å². The third-order valence-electron chi connectivity index (χ3n) is 4.78. The summed E-state index contributed by atoms with van der Waals surface area (Å²) in [5.74, 6) is -0.479. The molecule has 2 aromatic carbocycles. The first-order valence-electron chi connectivity index (χ1n) is 9.61. The fraction of sp³-hybridized carbons (Fsp3) is 0.182. The molecule has 1 amide bonds. The number of amides is 1. The molecule has 0 unspecified atom stereocenters. The molecule has 0 saturated heterocycles. The highest BCUT2D eigenvalue weighted by Crippen LogP contribution is 2.14. The Balaban J connectivity index is 1.40. The van der Waals surface area contributed by atoms with Gasteiger partial charge in [-0.25, -0.2) is 14.1 Å². The van der Waals surface area contributed by atoms with Crippen molar-refractivity contribution in [2.75, 3.05) is 6.54 Å². The Morgan fingerprint density at radius 3 is 2.60 bits per heavy atom. The van der Waals surface area contributed by atoms with Crippen LogP contribution in [0.3, 0.4) is 0 Å². The zero-order valence-electron chi connectivity index (χ0n) is 16.2. The number of benzene rings is 2. The molecular weight excluding hydrogens is 385 g/mol. The monoisotopic (exact) mass is 405 g/mol. The van der Waals surface area contributed by atoms with Crippen molar-refractivity contribution < 1.29 is 9.18 Å². The lowest BCUT2D eigenvalue weighted by Crippen LogP contribution is -2.29. The zero-order valence-corrected chi connectivity index (χ0v) is 16.2. The topological polar surface area (TPSA) is 81.8 Å². The Kier molecular flexibility index (Phi) is 5.65. The van der Waals surface area contributed by atoms with Gasteiger partial charge >= 0.3 is 0 Å². The van der Waals surface area contributed by atoms with E-state index in [0.29, 0.717) is 23.3 Å². The van der Waals surface area contributed by atoms with Crippen LogP contribution >= 0.6 is 0 Å². The van der Waals surface area contributed by atoms with Gasteiger partial charge in [0.15, 0.2) is 5.65 Å². The van der Waals surface area contributed by atoms with E-state index >= 15 is 0 Å². The number of aryl methyl sites for hydroxylation is 1. The highest BCUT2D eigenvalue weighted by Gasteiger charge is 2.12. The molecular formula is C22H20FN5O2. The molecule has 4 rings (SSSR count). The van der Waals surface area contributed by atoms with E-state index in [2.05, 4.69) is 15.4 Å². The summed E-state index contributed by atoms with van der Waals surface area (Å²) in [6.07, 6.45) is 3.77. The van der Waals surface area contributed by atoms with Gasteiger partial charge in [0.25, 0.3) is 5.56 Å². The molecule has 0 aliphatic rings. The third kappa shape index (κ3) is 4.27. The molecule has 0 bridgehead atoms. The van der Waals surface area contributed by atoms with E-state index in [1.54, 1.807) is 12.1 Å². The summed E-state index contributed by atoms with van der Waals surface area (Å²) >= 11 is 0. The fourth-order valence-corrected chi connectivity index (χ4v) is 3.18. The number of halogens is 1. The maximum Gasteiger partial charge on any atom is 0.264 e. The van der Waals surface area contributed by atoms with Gasteiger partial charge in [0.1, 0.15) is 11.2 Å². The first-order chi connectivity index (χ1) is 14.6. The standard InChI is InChI=1S/C22H20FN5O2/c23-17-6-8-18(9-7-17)28-21-19(14-26-28)22(30)27(15-25-21)13-11-20(29)24-12-10-16-4-2-1-3-5-16/h1-9,14-15H,10-13H2,(H,24,29). The van der Waals surface area contributed by atoms with Gasteiger partial charge in [0.2, 0.25) is 5.91 Å². The van der Waals surface area contributed by atoms with Crippen molar-refractivity contribution >= 4 is 16.9 Å². The van der Waals surface area contributed by atoms with Crippen molar-refractivity contribution in [2.45, 2.75) is 19.4 Å². The minimum atomic E-state index is -0.354. The number of hydrogen-bond acceptors (Lipinski definition) is 4.